The van der Waals surface area contributed by atoms with Crippen molar-refractivity contribution in [2.24, 2.45) is 11.8 Å². The van der Waals surface area contributed by atoms with Crippen LogP contribution in [0.15, 0.2) is 30.3 Å². The summed E-state index contributed by atoms with van der Waals surface area (Å²) >= 11 is 7.75. The lowest BCUT2D eigenvalue weighted by Gasteiger charge is -2.16. The average molecular weight is 405 g/mol. The maximum Gasteiger partial charge on any atom is 0.146 e. The number of rotatable bonds is 5. The van der Waals surface area contributed by atoms with Crippen LogP contribution >= 0.6 is 22.9 Å². The van der Waals surface area contributed by atoms with Gasteiger partial charge < -0.3 is 9.47 Å². The monoisotopic (exact) mass is 404 g/mol. The highest BCUT2D eigenvalue weighted by Gasteiger charge is 2.45. The lowest BCUT2D eigenvalue weighted by Crippen LogP contribution is -2.20. The standard InChI is InChI=1S/C22H25ClO3S/c1-13-18(11-20(27-13)15-3-5-17(23)6-4-15)21-19(25-2)10-16(22(21)24)9-14-7-8-26-12-14/h3-6,11,14,16,19,21H,7-10,12H2,1-2H3. The van der Waals surface area contributed by atoms with Gasteiger partial charge in [0.05, 0.1) is 12.0 Å². The van der Waals surface area contributed by atoms with Crippen molar-refractivity contribution in [2.45, 2.75) is 38.2 Å². The number of hydrogen-bond donors (Lipinski definition) is 0. The summed E-state index contributed by atoms with van der Waals surface area (Å²) in [5.41, 5.74) is 2.27. The van der Waals surface area contributed by atoms with Crippen molar-refractivity contribution in [3.63, 3.8) is 0 Å². The number of ether oxygens (including phenoxy) is 2. The fraction of sp³-hybridized carbons (Fsp3) is 0.500. The first-order valence-electron chi connectivity index (χ1n) is 9.57. The van der Waals surface area contributed by atoms with Gasteiger partial charge in [0.25, 0.3) is 0 Å². The Kier molecular flexibility index (Phi) is 5.70. The lowest BCUT2D eigenvalue weighted by molar-refractivity contribution is -0.123. The van der Waals surface area contributed by atoms with Gasteiger partial charge in [0.15, 0.2) is 0 Å². The Balaban J connectivity index is 1.59. The summed E-state index contributed by atoms with van der Waals surface area (Å²) in [6, 6.07) is 10.1. The van der Waals surface area contributed by atoms with E-state index in [1.54, 1.807) is 18.4 Å². The molecule has 2 heterocycles. The van der Waals surface area contributed by atoms with Gasteiger partial charge in [-0.05, 0) is 61.4 Å². The summed E-state index contributed by atoms with van der Waals surface area (Å²) in [6.07, 6.45) is 2.80. The second-order valence-electron chi connectivity index (χ2n) is 7.68. The van der Waals surface area contributed by atoms with Gasteiger partial charge in [-0.3, -0.25) is 4.79 Å². The maximum atomic E-state index is 13.3. The lowest BCUT2D eigenvalue weighted by atomic mass is 9.89. The third-order valence-corrected chi connectivity index (χ3v) is 7.33. The number of aryl methyl sites for hydroxylation is 1. The van der Waals surface area contributed by atoms with Crippen LogP contribution in [0.4, 0.5) is 0 Å². The van der Waals surface area contributed by atoms with Crippen LogP contribution < -0.4 is 0 Å². The highest BCUT2D eigenvalue weighted by Crippen LogP contribution is 2.45. The molecule has 0 spiro atoms. The van der Waals surface area contributed by atoms with Gasteiger partial charge in [-0.25, -0.2) is 0 Å². The SMILES string of the molecule is COC1CC(CC2CCOC2)C(=O)C1c1cc(-c2ccc(Cl)cc2)sc1C. The van der Waals surface area contributed by atoms with Crippen LogP contribution in [0.3, 0.4) is 0 Å². The van der Waals surface area contributed by atoms with Gasteiger partial charge in [-0.1, -0.05) is 23.7 Å². The first-order chi connectivity index (χ1) is 13.1. The molecule has 2 aromatic rings. The number of thiophene rings is 1. The minimum absolute atomic E-state index is 0.0313. The number of carbonyl (C=O) groups is 1. The van der Waals surface area contributed by atoms with Crippen molar-refractivity contribution >= 4 is 28.7 Å². The molecule has 1 saturated heterocycles. The van der Waals surface area contributed by atoms with Crippen LogP contribution in [0.5, 0.6) is 0 Å². The molecule has 1 aromatic carbocycles. The van der Waals surface area contributed by atoms with Crippen LogP contribution in [-0.4, -0.2) is 32.2 Å². The van der Waals surface area contributed by atoms with Gasteiger partial charge in [0.2, 0.25) is 0 Å². The molecule has 0 amide bonds. The minimum Gasteiger partial charge on any atom is -0.381 e. The number of Topliss-reactive ketones (excluding diaryl/α,β-unsaturated/α-hetero) is 1. The Morgan fingerprint density at radius 2 is 2.07 bits per heavy atom. The zero-order valence-electron chi connectivity index (χ0n) is 15.7. The zero-order chi connectivity index (χ0) is 19.0. The molecule has 4 atom stereocenters. The molecular weight excluding hydrogens is 380 g/mol. The molecule has 27 heavy (non-hydrogen) atoms. The van der Waals surface area contributed by atoms with Crippen LogP contribution in [-0.2, 0) is 14.3 Å². The van der Waals surface area contributed by atoms with E-state index in [-0.39, 0.29) is 17.9 Å². The van der Waals surface area contributed by atoms with Crippen molar-refractivity contribution in [1.29, 1.82) is 0 Å². The number of halogens is 1. The molecular formula is C22H25ClO3S. The van der Waals surface area contributed by atoms with E-state index in [9.17, 15) is 4.79 Å². The van der Waals surface area contributed by atoms with E-state index in [4.69, 9.17) is 21.1 Å². The van der Waals surface area contributed by atoms with Crippen molar-refractivity contribution < 1.29 is 14.3 Å². The van der Waals surface area contributed by atoms with E-state index in [1.807, 2.05) is 24.3 Å². The topological polar surface area (TPSA) is 35.5 Å². The first kappa shape index (κ1) is 19.1. The molecule has 4 rings (SSSR count). The van der Waals surface area contributed by atoms with Crippen LogP contribution in [0.25, 0.3) is 10.4 Å². The fourth-order valence-corrected chi connectivity index (χ4v) is 5.70. The van der Waals surface area contributed by atoms with Crippen molar-refractivity contribution in [3.8, 4) is 10.4 Å². The third kappa shape index (κ3) is 3.86. The number of methoxy groups -OCH3 is 1. The molecule has 0 radical (unpaired) electrons. The van der Waals surface area contributed by atoms with E-state index in [2.05, 4.69) is 13.0 Å². The second-order valence-corrected chi connectivity index (χ2v) is 9.37. The van der Waals surface area contributed by atoms with Crippen molar-refractivity contribution in [2.75, 3.05) is 20.3 Å². The summed E-state index contributed by atoms with van der Waals surface area (Å²) in [5.74, 6) is 0.797. The van der Waals surface area contributed by atoms with E-state index < -0.39 is 0 Å². The van der Waals surface area contributed by atoms with Crippen LogP contribution in [0.1, 0.15) is 35.6 Å². The van der Waals surface area contributed by atoms with Crippen molar-refractivity contribution in [1.82, 2.24) is 0 Å². The highest BCUT2D eigenvalue weighted by atomic mass is 35.5. The molecule has 4 unspecified atom stereocenters. The predicted molar refractivity (Wildman–Crippen MR) is 110 cm³/mol. The van der Waals surface area contributed by atoms with E-state index in [0.717, 1.165) is 48.6 Å². The Bertz CT molecular complexity index is 807. The Morgan fingerprint density at radius 1 is 1.30 bits per heavy atom. The van der Waals surface area contributed by atoms with Crippen molar-refractivity contribution in [3.05, 3.63) is 45.8 Å². The predicted octanol–water partition coefficient (Wildman–Crippen LogP) is 5.49. The molecule has 3 nitrogen and oxygen atoms in total. The highest BCUT2D eigenvalue weighted by molar-refractivity contribution is 7.15. The number of hydrogen-bond acceptors (Lipinski definition) is 4. The average Bonchev–Trinajstić information content (AvgIpc) is 3.37. The van der Waals surface area contributed by atoms with Crippen LogP contribution in [0.2, 0.25) is 5.02 Å². The molecule has 5 heteroatoms. The molecule has 1 aliphatic carbocycles. The normalized spacial score (nSPS) is 28.2. The van der Waals surface area contributed by atoms with E-state index in [0.29, 0.717) is 11.7 Å². The molecule has 2 aliphatic rings. The molecule has 0 bridgehead atoms. The Morgan fingerprint density at radius 3 is 2.74 bits per heavy atom. The molecule has 1 aromatic heterocycles. The number of benzene rings is 1. The fourth-order valence-electron chi connectivity index (χ4n) is 4.50. The molecule has 1 saturated carbocycles. The largest absolute Gasteiger partial charge is 0.381 e. The molecule has 1 aliphatic heterocycles. The summed E-state index contributed by atoms with van der Waals surface area (Å²) in [5, 5.41) is 0.733. The summed E-state index contributed by atoms with van der Waals surface area (Å²) in [4.78, 5) is 15.6. The number of ketones is 1. The number of carbonyl (C=O) groups excluding carboxylic acids is 1. The second kappa shape index (κ2) is 8.04. The Hall–Kier alpha value is -1.20. The van der Waals surface area contributed by atoms with E-state index >= 15 is 0 Å². The minimum atomic E-state index is -0.153. The summed E-state index contributed by atoms with van der Waals surface area (Å²) in [7, 11) is 1.73. The van der Waals surface area contributed by atoms with Crippen LogP contribution in [0, 0.1) is 18.8 Å². The Labute approximate surface area is 169 Å². The molecule has 0 N–H and O–H groups in total. The first-order valence-corrected chi connectivity index (χ1v) is 10.8. The zero-order valence-corrected chi connectivity index (χ0v) is 17.3. The third-order valence-electron chi connectivity index (χ3n) is 5.96. The van der Waals surface area contributed by atoms with Gasteiger partial charge >= 0.3 is 0 Å². The summed E-state index contributed by atoms with van der Waals surface area (Å²) < 4.78 is 11.3. The smallest absolute Gasteiger partial charge is 0.146 e. The molecule has 2 fully saturated rings. The van der Waals surface area contributed by atoms with Gasteiger partial charge in [0.1, 0.15) is 5.78 Å². The quantitative estimate of drug-likeness (QED) is 0.660. The van der Waals surface area contributed by atoms with E-state index in [1.165, 1.54) is 9.75 Å². The molecule has 144 valence electrons. The summed E-state index contributed by atoms with van der Waals surface area (Å²) in [6.45, 7) is 3.73. The van der Waals surface area contributed by atoms with Gasteiger partial charge in [-0.2, -0.15) is 0 Å². The van der Waals surface area contributed by atoms with Gasteiger partial charge in [-0.15, -0.1) is 11.3 Å². The maximum absolute atomic E-state index is 13.3. The van der Waals surface area contributed by atoms with Gasteiger partial charge in [0, 0.05) is 41.0 Å².